The van der Waals surface area contributed by atoms with Gasteiger partial charge in [-0.2, -0.15) is 0 Å². The Morgan fingerprint density at radius 3 is 2.70 bits per heavy atom. The highest BCUT2D eigenvalue weighted by Crippen LogP contribution is 2.21. The molecule has 7 heteroatoms. The normalized spacial score (nSPS) is 20.4. The van der Waals surface area contributed by atoms with Crippen molar-refractivity contribution in [2.45, 2.75) is 45.3 Å². The number of guanidine groups is 1. The molecule has 2 aromatic carbocycles. The molecule has 2 aliphatic rings. The quantitative estimate of drug-likeness (QED) is 0.298. The summed E-state index contributed by atoms with van der Waals surface area (Å²) in [7, 11) is 0. The number of anilines is 1. The molecule has 2 heterocycles. The second-order valence-corrected chi connectivity index (χ2v) is 8.65. The first-order valence-corrected chi connectivity index (χ1v) is 11.8. The predicted molar refractivity (Wildman–Crippen MR) is 144 cm³/mol. The minimum atomic E-state index is -0.323. The van der Waals surface area contributed by atoms with Gasteiger partial charge in [0.1, 0.15) is 6.10 Å². The monoisotopic (exact) mass is 562 g/mol. The molecule has 1 amide bonds. The molecule has 0 radical (unpaired) electrons. The van der Waals surface area contributed by atoms with Crippen molar-refractivity contribution in [2.75, 3.05) is 31.6 Å². The first-order chi connectivity index (χ1) is 15.7. The van der Waals surface area contributed by atoms with Gasteiger partial charge in [0, 0.05) is 31.9 Å². The number of likely N-dealkylation sites (tertiary alicyclic amines) is 1. The van der Waals surface area contributed by atoms with Gasteiger partial charge in [-0.3, -0.25) is 4.79 Å². The molecule has 2 saturated heterocycles. The standard InChI is InChI=1S/C26H34N4O2.HI/c1-2-27-26(30-14-13-22(19-30)16-20-8-4-3-5-9-20)28-18-21-10-6-11-23(17-21)29-25(31)24-12-7-15-32-24;/h3-6,8-11,17,22,24H,2,7,12-16,18-19H2,1H3,(H,27,28)(H,29,31);1H. The molecular formula is C26H35IN4O2. The van der Waals surface area contributed by atoms with E-state index in [1.807, 2.05) is 18.2 Å². The number of benzene rings is 2. The lowest BCUT2D eigenvalue weighted by Crippen LogP contribution is -2.40. The maximum Gasteiger partial charge on any atom is 0.253 e. The van der Waals surface area contributed by atoms with Gasteiger partial charge in [-0.05, 0) is 61.8 Å². The third kappa shape index (κ3) is 7.43. The number of halogens is 1. The fourth-order valence-corrected chi connectivity index (χ4v) is 4.49. The summed E-state index contributed by atoms with van der Waals surface area (Å²) in [5.41, 5.74) is 3.28. The Labute approximate surface area is 214 Å². The maximum atomic E-state index is 12.3. The number of rotatable bonds is 7. The van der Waals surface area contributed by atoms with Gasteiger partial charge in [-0.15, -0.1) is 24.0 Å². The van der Waals surface area contributed by atoms with E-state index in [2.05, 4.69) is 58.9 Å². The molecule has 2 unspecified atom stereocenters. The topological polar surface area (TPSA) is 66.0 Å². The average Bonchev–Trinajstić information content (AvgIpc) is 3.50. The van der Waals surface area contributed by atoms with Crippen LogP contribution in [0.5, 0.6) is 0 Å². The van der Waals surface area contributed by atoms with E-state index in [1.54, 1.807) is 0 Å². The Kier molecular flexibility index (Phi) is 9.99. The van der Waals surface area contributed by atoms with Crippen LogP contribution in [0.25, 0.3) is 0 Å². The molecule has 0 spiro atoms. The van der Waals surface area contributed by atoms with Gasteiger partial charge in [-0.25, -0.2) is 4.99 Å². The molecular weight excluding hydrogens is 527 g/mol. The van der Waals surface area contributed by atoms with E-state index in [-0.39, 0.29) is 36.0 Å². The molecule has 2 aliphatic heterocycles. The largest absolute Gasteiger partial charge is 0.368 e. The lowest BCUT2D eigenvalue weighted by Gasteiger charge is -2.22. The minimum Gasteiger partial charge on any atom is -0.368 e. The zero-order valence-corrected chi connectivity index (χ0v) is 21.7. The van der Waals surface area contributed by atoms with Gasteiger partial charge >= 0.3 is 0 Å². The van der Waals surface area contributed by atoms with Crippen LogP contribution in [-0.4, -0.2) is 49.1 Å². The number of nitrogens with one attached hydrogen (secondary N) is 2. The summed E-state index contributed by atoms with van der Waals surface area (Å²) in [5.74, 6) is 1.56. The number of amides is 1. The summed E-state index contributed by atoms with van der Waals surface area (Å²) in [6.07, 6.45) is 3.72. The van der Waals surface area contributed by atoms with E-state index in [9.17, 15) is 4.79 Å². The van der Waals surface area contributed by atoms with Gasteiger partial charge in [0.25, 0.3) is 5.91 Å². The van der Waals surface area contributed by atoms with Crippen molar-refractivity contribution >= 4 is 41.5 Å². The molecule has 2 N–H and O–H groups in total. The van der Waals surface area contributed by atoms with Crippen molar-refractivity contribution in [2.24, 2.45) is 10.9 Å². The zero-order valence-electron chi connectivity index (χ0n) is 19.3. The minimum absolute atomic E-state index is 0. The predicted octanol–water partition coefficient (Wildman–Crippen LogP) is 4.45. The van der Waals surface area contributed by atoms with E-state index in [1.165, 1.54) is 12.0 Å². The second-order valence-electron chi connectivity index (χ2n) is 8.65. The van der Waals surface area contributed by atoms with Crippen LogP contribution in [0.3, 0.4) is 0 Å². The van der Waals surface area contributed by atoms with Crippen LogP contribution in [0.1, 0.15) is 37.3 Å². The Balaban J connectivity index is 0.00000306. The Hall–Kier alpha value is -2.13. The smallest absolute Gasteiger partial charge is 0.253 e. The molecule has 0 aliphatic carbocycles. The van der Waals surface area contributed by atoms with Crippen LogP contribution in [0.4, 0.5) is 5.69 Å². The Morgan fingerprint density at radius 1 is 1.12 bits per heavy atom. The van der Waals surface area contributed by atoms with E-state index in [4.69, 9.17) is 9.73 Å². The lowest BCUT2D eigenvalue weighted by atomic mass is 9.99. The van der Waals surface area contributed by atoms with E-state index in [0.29, 0.717) is 19.1 Å². The van der Waals surface area contributed by atoms with Crippen molar-refractivity contribution in [1.29, 1.82) is 0 Å². The first kappa shape index (κ1) is 25.5. The van der Waals surface area contributed by atoms with E-state index >= 15 is 0 Å². The molecule has 0 bridgehead atoms. The van der Waals surface area contributed by atoms with Crippen molar-refractivity contribution in [1.82, 2.24) is 10.2 Å². The molecule has 178 valence electrons. The van der Waals surface area contributed by atoms with E-state index < -0.39 is 0 Å². The summed E-state index contributed by atoms with van der Waals surface area (Å²) < 4.78 is 5.48. The van der Waals surface area contributed by atoms with Gasteiger partial charge < -0.3 is 20.3 Å². The number of nitrogens with zero attached hydrogens (tertiary/aromatic N) is 2. The van der Waals surface area contributed by atoms with Crippen molar-refractivity contribution < 1.29 is 9.53 Å². The Bertz CT molecular complexity index is 916. The summed E-state index contributed by atoms with van der Waals surface area (Å²) >= 11 is 0. The second kappa shape index (κ2) is 12.9. The number of ether oxygens (including phenoxy) is 1. The maximum absolute atomic E-state index is 12.3. The number of aliphatic imine (C=N–C) groups is 1. The van der Waals surface area contributed by atoms with Crippen molar-refractivity contribution in [3.63, 3.8) is 0 Å². The van der Waals surface area contributed by atoms with Crippen LogP contribution in [0.15, 0.2) is 59.6 Å². The fourth-order valence-electron chi connectivity index (χ4n) is 4.49. The SMILES string of the molecule is CCNC(=NCc1cccc(NC(=O)C2CCCO2)c1)N1CCC(Cc2ccccc2)C1.I. The molecule has 6 nitrogen and oxygen atoms in total. The number of carbonyl (C=O) groups excluding carboxylic acids is 1. The summed E-state index contributed by atoms with van der Waals surface area (Å²) in [5, 5.41) is 6.44. The van der Waals surface area contributed by atoms with Crippen LogP contribution in [0.2, 0.25) is 0 Å². The van der Waals surface area contributed by atoms with Crippen LogP contribution in [0, 0.1) is 5.92 Å². The summed E-state index contributed by atoms with van der Waals surface area (Å²) in [6.45, 7) is 6.25. The molecule has 2 fully saturated rings. The number of hydrogen-bond acceptors (Lipinski definition) is 3. The van der Waals surface area contributed by atoms with E-state index in [0.717, 1.165) is 56.1 Å². The average molecular weight is 562 g/mol. The van der Waals surface area contributed by atoms with Crippen molar-refractivity contribution in [3.05, 3.63) is 65.7 Å². The Morgan fingerprint density at radius 2 is 1.94 bits per heavy atom. The third-order valence-electron chi connectivity index (χ3n) is 6.12. The number of carbonyl (C=O) groups is 1. The van der Waals surface area contributed by atoms with Gasteiger partial charge in [0.2, 0.25) is 0 Å². The molecule has 2 aromatic rings. The fraction of sp³-hybridized carbons (Fsp3) is 0.462. The summed E-state index contributed by atoms with van der Waals surface area (Å²) in [6, 6.07) is 18.7. The molecule has 2 atom stereocenters. The highest BCUT2D eigenvalue weighted by atomic mass is 127. The van der Waals surface area contributed by atoms with Gasteiger partial charge in [0.15, 0.2) is 5.96 Å². The molecule has 0 aromatic heterocycles. The third-order valence-corrected chi connectivity index (χ3v) is 6.12. The molecule has 4 rings (SSSR count). The molecule has 0 saturated carbocycles. The van der Waals surface area contributed by atoms with Crippen LogP contribution in [-0.2, 0) is 22.5 Å². The zero-order chi connectivity index (χ0) is 22.2. The first-order valence-electron chi connectivity index (χ1n) is 11.8. The highest BCUT2D eigenvalue weighted by molar-refractivity contribution is 14.0. The lowest BCUT2D eigenvalue weighted by molar-refractivity contribution is -0.124. The highest BCUT2D eigenvalue weighted by Gasteiger charge is 2.25. The number of hydrogen-bond donors (Lipinski definition) is 2. The van der Waals surface area contributed by atoms with Gasteiger partial charge in [-0.1, -0.05) is 42.5 Å². The van der Waals surface area contributed by atoms with Crippen LogP contribution >= 0.6 is 24.0 Å². The van der Waals surface area contributed by atoms with Gasteiger partial charge in [0.05, 0.1) is 6.54 Å². The molecule has 33 heavy (non-hydrogen) atoms. The van der Waals surface area contributed by atoms with Crippen LogP contribution < -0.4 is 10.6 Å². The van der Waals surface area contributed by atoms with Crippen molar-refractivity contribution in [3.8, 4) is 0 Å². The summed E-state index contributed by atoms with van der Waals surface area (Å²) in [4.78, 5) is 19.6.